The summed E-state index contributed by atoms with van der Waals surface area (Å²) < 4.78 is 41.6. The smallest absolute Gasteiger partial charge is 0.387 e. The first-order valence-corrected chi connectivity index (χ1v) is 7.13. The molecule has 1 fully saturated rings. The fraction of sp³-hybridized carbons (Fsp3) is 0.600. The Morgan fingerprint density at radius 1 is 1.20 bits per heavy atom. The molecule has 0 aliphatic heterocycles. The lowest BCUT2D eigenvalue weighted by Gasteiger charge is -2.21. The van der Waals surface area contributed by atoms with Crippen molar-refractivity contribution < 1.29 is 17.9 Å². The summed E-state index contributed by atoms with van der Waals surface area (Å²) in [5, 5.41) is 3.13. The van der Waals surface area contributed by atoms with Gasteiger partial charge in [0, 0.05) is 18.3 Å². The highest BCUT2D eigenvalue weighted by molar-refractivity contribution is 5.47. The van der Waals surface area contributed by atoms with Gasteiger partial charge in [0.2, 0.25) is 0 Å². The molecule has 5 heteroatoms. The van der Waals surface area contributed by atoms with E-state index < -0.39 is 18.2 Å². The molecule has 112 valence electrons. The summed E-state index contributed by atoms with van der Waals surface area (Å²) in [7, 11) is 0. The van der Waals surface area contributed by atoms with Crippen LogP contribution in [-0.2, 0) is 0 Å². The first-order valence-electron chi connectivity index (χ1n) is 7.13. The molecule has 1 saturated carbocycles. The van der Waals surface area contributed by atoms with Crippen molar-refractivity contribution in [2.75, 3.05) is 11.9 Å². The minimum Gasteiger partial charge on any atom is -0.432 e. The highest BCUT2D eigenvalue weighted by Gasteiger charge is 2.13. The second kappa shape index (κ2) is 7.41. The average Bonchev–Trinajstić information content (AvgIpc) is 2.43. The first-order chi connectivity index (χ1) is 9.65. The molecule has 0 unspecified atom stereocenters. The van der Waals surface area contributed by atoms with Crippen molar-refractivity contribution >= 4 is 5.69 Å². The maximum atomic E-state index is 13.5. The van der Waals surface area contributed by atoms with Gasteiger partial charge < -0.3 is 10.1 Å². The zero-order valence-corrected chi connectivity index (χ0v) is 11.4. The van der Waals surface area contributed by atoms with Gasteiger partial charge in [0.25, 0.3) is 0 Å². The van der Waals surface area contributed by atoms with E-state index in [2.05, 4.69) is 10.1 Å². The number of anilines is 1. The molecule has 0 bridgehead atoms. The lowest BCUT2D eigenvalue weighted by atomic mass is 9.87. The third-order valence-electron chi connectivity index (χ3n) is 3.75. The Bertz CT molecular complexity index is 420. The van der Waals surface area contributed by atoms with Crippen molar-refractivity contribution in [3.63, 3.8) is 0 Å². The van der Waals surface area contributed by atoms with Gasteiger partial charge in [0.15, 0.2) is 11.6 Å². The number of halogens is 3. The highest BCUT2D eigenvalue weighted by atomic mass is 19.3. The van der Waals surface area contributed by atoms with E-state index >= 15 is 0 Å². The van der Waals surface area contributed by atoms with Gasteiger partial charge in [0.1, 0.15) is 0 Å². The standard InChI is InChI=1S/C15H20F3NO/c16-13-10-12(6-7-14(13)20-15(17)18)19-9-8-11-4-2-1-3-5-11/h6-7,10-11,15,19H,1-5,8-9H2. The van der Waals surface area contributed by atoms with Crippen LogP contribution in [0.25, 0.3) is 0 Å². The SMILES string of the molecule is Fc1cc(NCCC2CCCCC2)ccc1OC(F)F. The van der Waals surface area contributed by atoms with Crippen LogP contribution in [0.5, 0.6) is 5.75 Å². The summed E-state index contributed by atoms with van der Waals surface area (Å²) in [5.41, 5.74) is 0.597. The van der Waals surface area contributed by atoms with Gasteiger partial charge in [-0.1, -0.05) is 32.1 Å². The van der Waals surface area contributed by atoms with E-state index in [-0.39, 0.29) is 0 Å². The Kier molecular flexibility index (Phi) is 5.56. The number of rotatable bonds is 6. The van der Waals surface area contributed by atoms with Crippen molar-refractivity contribution in [3.05, 3.63) is 24.0 Å². The largest absolute Gasteiger partial charge is 0.432 e. The quantitative estimate of drug-likeness (QED) is 0.810. The number of alkyl halides is 2. The predicted molar refractivity (Wildman–Crippen MR) is 72.7 cm³/mol. The summed E-state index contributed by atoms with van der Waals surface area (Å²) in [5.74, 6) is -0.437. The molecule has 20 heavy (non-hydrogen) atoms. The van der Waals surface area contributed by atoms with Crippen molar-refractivity contribution in [1.29, 1.82) is 0 Å². The van der Waals surface area contributed by atoms with Crippen molar-refractivity contribution in [1.82, 2.24) is 0 Å². The second-order valence-corrected chi connectivity index (χ2v) is 5.24. The van der Waals surface area contributed by atoms with E-state index in [1.54, 1.807) is 6.07 Å². The predicted octanol–water partition coefficient (Wildman–Crippen LogP) is 4.81. The van der Waals surface area contributed by atoms with Gasteiger partial charge in [-0.25, -0.2) is 4.39 Å². The van der Waals surface area contributed by atoms with Crippen molar-refractivity contribution in [2.45, 2.75) is 45.1 Å². The third-order valence-corrected chi connectivity index (χ3v) is 3.75. The van der Waals surface area contributed by atoms with Gasteiger partial charge in [0.05, 0.1) is 0 Å². The zero-order valence-electron chi connectivity index (χ0n) is 11.4. The summed E-state index contributed by atoms with van der Waals surface area (Å²) in [6, 6.07) is 3.98. The maximum Gasteiger partial charge on any atom is 0.387 e. The molecule has 1 aromatic rings. The number of hydrogen-bond donors (Lipinski definition) is 1. The highest BCUT2D eigenvalue weighted by Crippen LogP contribution is 2.27. The number of ether oxygens (including phenoxy) is 1. The van der Waals surface area contributed by atoms with Gasteiger partial charge in [-0.2, -0.15) is 8.78 Å². The molecule has 0 spiro atoms. The molecule has 0 radical (unpaired) electrons. The molecule has 1 aliphatic rings. The Hall–Kier alpha value is -1.39. The zero-order chi connectivity index (χ0) is 14.4. The van der Waals surface area contributed by atoms with Gasteiger partial charge in [-0.15, -0.1) is 0 Å². The number of benzene rings is 1. The molecule has 0 amide bonds. The third kappa shape index (κ3) is 4.62. The molecule has 0 saturated heterocycles. The summed E-state index contributed by atoms with van der Waals surface area (Å²) in [6.07, 6.45) is 7.56. The molecule has 1 aromatic carbocycles. The van der Waals surface area contributed by atoms with E-state index in [1.165, 1.54) is 44.2 Å². The normalized spacial score (nSPS) is 16.4. The van der Waals surface area contributed by atoms with Crippen LogP contribution in [-0.4, -0.2) is 13.2 Å². The maximum absolute atomic E-state index is 13.5. The van der Waals surface area contributed by atoms with E-state index in [0.29, 0.717) is 5.69 Å². The van der Waals surface area contributed by atoms with Gasteiger partial charge in [-0.3, -0.25) is 0 Å². The molecular weight excluding hydrogens is 267 g/mol. The number of hydrogen-bond acceptors (Lipinski definition) is 2. The topological polar surface area (TPSA) is 21.3 Å². The molecule has 0 heterocycles. The Balaban J connectivity index is 1.79. The minimum atomic E-state index is -3.00. The monoisotopic (exact) mass is 287 g/mol. The Labute approximate surface area is 117 Å². The van der Waals surface area contributed by atoms with Crippen LogP contribution >= 0.6 is 0 Å². The fourth-order valence-electron chi connectivity index (χ4n) is 2.70. The first kappa shape index (κ1) is 15.0. The molecule has 2 rings (SSSR count). The molecule has 1 N–H and O–H groups in total. The van der Waals surface area contributed by atoms with Crippen LogP contribution in [0, 0.1) is 11.7 Å². The van der Waals surface area contributed by atoms with Crippen molar-refractivity contribution in [3.8, 4) is 5.75 Å². The lowest BCUT2D eigenvalue weighted by molar-refractivity contribution is -0.0521. The van der Waals surface area contributed by atoms with Crippen LogP contribution in [0.15, 0.2) is 18.2 Å². The average molecular weight is 287 g/mol. The van der Waals surface area contributed by atoms with Crippen LogP contribution < -0.4 is 10.1 Å². The van der Waals surface area contributed by atoms with Gasteiger partial charge in [-0.05, 0) is 24.5 Å². The summed E-state index contributed by atoms with van der Waals surface area (Å²) >= 11 is 0. The van der Waals surface area contributed by atoms with Crippen LogP contribution in [0.1, 0.15) is 38.5 Å². The van der Waals surface area contributed by atoms with Crippen LogP contribution in [0.3, 0.4) is 0 Å². The Morgan fingerprint density at radius 3 is 2.60 bits per heavy atom. The van der Waals surface area contributed by atoms with Crippen LogP contribution in [0.4, 0.5) is 18.9 Å². The molecule has 0 aromatic heterocycles. The van der Waals surface area contributed by atoms with E-state index in [4.69, 9.17) is 0 Å². The number of nitrogens with one attached hydrogen (secondary N) is 1. The van der Waals surface area contributed by atoms with E-state index in [9.17, 15) is 13.2 Å². The Morgan fingerprint density at radius 2 is 1.95 bits per heavy atom. The summed E-state index contributed by atoms with van der Waals surface area (Å²) in [4.78, 5) is 0. The molecule has 1 aliphatic carbocycles. The summed E-state index contributed by atoms with van der Waals surface area (Å²) in [6.45, 7) is -2.23. The van der Waals surface area contributed by atoms with Gasteiger partial charge >= 0.3 is 6.61 Å². The lowest BCUT2D eigenvalue weighted by Crippen LogP contribution is -2.12. The molecule has 0 atom stereocenters. The van der Waals surface area contributed by atoms with Crippen molar-refractivity contribution in [2.24, 2.45) is 5.92 Å². The van der Waals surface area contributed by atoms with E-state index in [1.807, 2.05) is 0 Å². The van der Waals surface area contributed by atoms with Crippen LogP contribution in [0.2, 0.25) is 0 Å². The molecule has 2 nitrogen and oxygen atoms in total. The van der Waals surface area contributed by atoms with E-state index in [0.717, 1.165) is 18.9 Å². The second-order valence-electron chi connectivity index (χ2n) is 5.24. The minimum absolute atomic E-state index is 0.419. The fourth-order valence-corrected chi connectivity index (χ4v) is 2.70. The molecular formula is C15H20F3NO.